The zero-order chi connectivity index (χ0) is 11.0. The first-order chi connectivity index (χ1) is 7.09. The summed E-state index contributed by atoms with van der Waals surface area (Å²) in [5, 5.41) is 1.27. The van der Waals surface area contributed by atoms with Crippen molar-refractivity contribution in [3.63, 3.8) is 0 Å². The van der Waals surface area contributed by atoms with Gasteiger partial charge in [-0.3, -0.25) is 0 Å². The molecule has 80 valence electrons. The highest BCUT2D eigenvalue weighted by Crippen LogP contribution is 2.29. The Morgan fingerprint density at radius 1 is 1.00 bits per heavy atom. The molecule has 0 aliphatic rings. The molecule has 2 aromatic rings. The van der Waals surface area contributed by atoms with Gasteiger partial charge in [-0.1, -0.05) is 33.8 Å². The molecule has 1 nitrogen and oxygen atoms in total. The van der Waals surface area contributed by atoms with Gasteiger partial charge in [0.25, 0.3) is 0 Å². The third-order valence-corrected chi connectivity index (χ3v) is 2.92. The first-order valence-corrected chi connectivity index (χ1v) is 5.60. The molecule has 1 heteroatoms. The van der Waals surface area contributed by atoms with E-state index in [0.717, 1.165) is 5.58 Å². The van der Waals surface area contributed by atoms with Crippen molar-refractivity contribution >= 4 is 11.0 Å². The van der Waals surface area contributed by atoms with Crippen LogP contribution in [0.25, 0.3) is 11.0 Å². The van der Waals surface area contributed by atoms with Crippen LogP contribution in [0.1, 0.15) is 50.7 Å². The van der Waals surface area contributed by atoms with Gasteiger partial charge >= 0.3 is 0 Å². The summed E-state index contributed by atoms with van der Waals surface area (Å²) in [5.74, 6) is 1.10. The summed E-state index contributed by atoms with van der Waals surface area (Å²) < 4.78 is 5.55. The monoisotopic (exact) mass is 202 g/mol. The van der Waals surface area contributed by atoms with Crippen LogP contribution >= 0.6 is 0 Å². The van der Waals surface area contributed by atoms with E-state index in [1.54, 1.807) is 0 Å². The van der Waals surface area contributed by atoms with Crippen molar-refractivity contribution in [3.8, 4) is 0 Å². The molecule has 0 aliphatic heterocycles. The van der Waals surface area contributed by atoms with E-state index >= 15 is 0 Å². The summed E-state index contributed by atoms with van der Waals surface area (Å²) in [6.07, 6.45) is 1.89. The van der Waals surface area contributed by atoms with E-state index in [1.807, 2.05) is 6.26 Å². The molecule has 0 N–H and O–H groups in total. The molecule has 2 rings (SSSR count). The Labute approximate surface area is 91.1 Å². The van der Waals surface area contributed by atoms with Gasteiger partial charge in [-0.25, -0.2) is 0 Å². The van der Waals surface area contributed by atoms with Crippen molar-refractivity contribution in [1.82, 2.24) is 0 Å². The normalized spacial score (nSPS) is 11.9. The fourth-order valence-corrected chi connectivity index (χ4v) is 1.87. The number of furan rings is 1. The second kappa shape index (κ2) is 3.73. The number of hydrogen-bond acceptors (Lipinski definition) is 1. The van der Waals surface area contributed by atoms with Crippen LogP contribution in [-0.2, 0) is 0 Å². The van der Waals surface area contributed by atoms with Gasteiger partial charge in [-0.05, 0) is 29.5 Å². The van der Waals surface area contributed by atoms with Crippen LogP contribution in [0.15, 0.2) is 28.9 Å². The van der Waals surface area contributed by atoms with E-state index < -0.39 is 0 Å². The highest BCUT2D eigenvalue weighted by molar-refractivity contribution is 5.82. The molecule has 1 aromatic carbocycles. The zero-order valence-electron chi connectivity index (χ0n) is 9.87. The van der Waals surface area contributed by atoms with E-state index in [2.05, 4.69) is 45.9 Å². The molecule has 0 spiro atoms. The fourth-order valence-electron chi connectivity index (χ4n) is 1.87. The minimum atomic E-state index is 0.522. The number of benzene rings is 1. The molecular weight excluding hydrogens is 184 g/mol. The predicted octanol–water partition coefficient (Wildman–Crippen LogP) is 4.68. The van der Waals surface area contributed by atoms with Gasteiger partial charge in [0.05, 0.1) is 6.26 Å². The smallest absolute Gasteiger partial charge is 0.134 e. The second-order valence-corrected chi connectivity index (χ2v) is 4.76. The maximum atomic E-state index is 5.55. The zero-order valence-corrected chi connectivity index (χ0v) is 9.87. The summed E-state index contributed by atoms with van der Waals surface area (Å²) >= 11 is 0. The number of fused-ring (bicyclic) bond motifs is 1. The maximum Gasteiger partial charge on any atom is 0.134 e. The fraction of sp³-hybridized carbons (Fsp3) is 0.429. The van der Waals surface area contributed by atoms with E-state index in [0.29, 0.717) is 11.8 Å². The lowest BCUT2D eigenvalue weighted by molar-refractivity contribution is 0.606. The maximum absolute atomic E-state index is 5.55. The number of rotatable bonds is 2. The molecule has 0 unspecified atom stereocenters. The van der Waals surface area contributed by atoms with Crippen molar-refractivity contribution in [2.45, 2.75) is 39.5 Å². The lowest BCUT2D eigenvalue weighted by atomic mass is 9.97. The Morgan fingerprint density at radius 2 is 1.73 bits per heavy atom. The topological polar surface area (TPSA) is 13.1 Å². The van der Waals surface area contributed by atoms with Crippen LogP contribution < -0.4 is 0 Å². The SMILES string of the molecule is CC(C)c1ccc2occ(C(C)C)c2c1. The molecule has 0 fully saturated rings. The molecule has 1 heterocycles. The Hall–Kier alpha value is -1.24. The van der Waals surface area contributed by atoms with E-state index in [9.17, 15) is 0 Å². The molecule has 0 amide bonds. The molecular formula is C14H18O. The van der Waals surface area contributed by atoms with Gasteiger partial charge < -0.3 is 4.42 Å². The predicted molar refractivity (Wildman–Crippen MR) is 64.4 cm³/mol. The Morgan fingerprint density at radius 3 is 2.33 bits per heavy atom. The molecule has 15 heavy (non-hydrogen) atoms. The Balaban J connectivity index is 2.61. The molecule has 0 bridgehead atoms. The van der Waals surface area contributed by atoms with E-state index in [-0.39, 0.29) is 0 Å². The average molecular weight is 202 g/mol. The van der Waals surface area contributed by atoms with Crippen LogP contribution in [0.3, 0.4) is 0 Å². The highest BCUT2D eigenvalue weighted by Gasteiger charge is 2.10. The van der Waals surface area contributed by atoms with Crippen LogP contribution in [0, 0.1) is 0 Å². The van der Waals surface area contributed by atoms with Gasteiger partial charge in [0.1, 0.15) is 5.58 Å². The summed E-state index contributed by atoms with van der Waals surface area (Å²) in [5.41, 5.74) is 3.70. The quantitative estimate of drug-likeness (QED) is 0.689. The summed E-state index contributed by atoms with van der Waals surface area (Å²) in [6, 6.07) is 6.50. The molecule has 0 saturated carbocycles. The molecule has 1 aromatic heterocycles. The molecule has 0 atom stereocenters. The lowest BCUT2D eigenvalue weighted by Crippen LogP contribution is -1.88. The van der Waals surface area contributed by atoms with Crippen molar-refractivity contribution < 1.29 is 4.42 Å². The van der Waals surface area contributed by atoms with Crippen molar-refractivity contribution in [1.29, 1.82) is 0 Å². The largest absolute Gasteiger partial charge is 0.464 e. The first kappa shape index (κ1) is 10.3. The van der Waals surface area contributed by atoms with Gasteiger partial charge in [-0.2, -0.15) is 0 Å². The summed E-state index contributed by atoms with van der Waals surface area (Å²) in [6.45, 7) is 8.84. The van der Waals surface area contributed by atoms with Crippen LogP contribution in [-0.4, -0.2) is 0 Å². The first-order valence-electron chi connectivity index (χ1n) is 5.60. The highest BCUT2D eigenvalue weighted by atomic mass is 16.3. The van der Waals surface area contributed by atoms with Crippen LogP contribution in [0.5, 0.6) is 0 Å². The molecule has 0 aliphatic carbocycles. The van der Waals surface area contributed by atoms with Gasteiger partial charge in [0, 0.05) is 10.9 Å². The molecule has 0 radical (unpaired) electrons. The Bertz CT molecular complexity index is 463. The summed E-state index contributed by atoms with van der Waals surface area (Å²) in [7, 11) is 0. The Kier molecular flexibility index (Phi) is 2.56. The third-order valence-electron chi connectivity index (χ3n) is 2.92. The van der Waals surface area contributed by atoms with Gasteiger partial charge in [-0.15, -0.1) is 0 Å². The molecule has 0 saturated heterocycles. The standard InChI is InChI=1S/C14H18O/c1-9(2)11-5-6-14-12(7-11)13(8-15-14)10(3)4/h5-10H,1-4H3. The van der Waals surface area contributed by atoms with Crippen molar-refractivity contribution in [3.05, 3.63) is 35.6 Å². The van der Waals surface area contributed by atoms with Crippen molar-refractivity contribution in [2.24, 2.45) is 0 Å². The van der Waals surface area contributed by atoms with Gasteiger partial charge in [0.2, 0.25) is 0 Å². The van der Waals surface area contributed by atoms with Crippen LogP contribution in [0.4, 0.5) is 0 Å². The minimum Gasteiger partial charge on any atom is -0.464 e. The average Bonchev–Trinajstić information content (AvgIpc) is 2.59. The third kappa shape index (κ3) is 1.79. The summed E-state index contributed by atoms with van der Waals surface area (Å²) in [4.78, 5) is 0. The van der Waals surface area contributed by atoms with Crippen molar-refractivity contribution in [2.75, 3.05) is 0 Å². The van der Waals surface area contributed by atoms with E-state index in [4.69, 9.17) is 4.42 Å². The second-order valence-electron chi connectivity index (χ2n) is 4.76. The number of hydrogen-bond donors (Lipinski definition) is 0. The lowest BCUT2D eigenvalue weighted by Gasteiger charge is -2.06. The minimum absolute atomic E-state index is 0.522. The van der Waals surface area contributed by atoms with Gasteiger partial charge in [0.15, 0.2) is 0 Å². The van der Waals surface area contributed by atoms with E-state index in [1.165, 1.54) is 16.5 Å². The van der Waals surface area contributed by atoms with Crippen LogP contribution in [0.2, 0.25) is 0 Å².